The minimum absolute atomic E-state index is 0.0425. The Morgan fingerprint density at radius 2 is 1.81 bits per heavy atom. The van der Waals surface area contributed by atoms with Gasteiger partial charge in [-0.15, -0.1) is 0 Å². The van der Waals surface area contributed by atoms with Gasteiger partial charge in [-0.1, -0.05) is 0 Å². The van der Waals surface area contributed by atoms with Crippen molar-refractivity contribution in [1.82, 2.24) is 10.2 Å². The maximum atomic E-state index is 11.2. The number of carboxylic acid groups (broad SMARTS) is 1. The Morgan fingerprint density at radius 1 is 1.25 bits per heavy atom. The number of hydrogen-bond donors (Lipinski definition) is 2. The van der Waals surface area contributed by atoms with E-state index >= 15 is 0 Å². The molecule has 2 N–H and O–H groups in total. The zero-order valence-corrected chi connectivity index (χ0v) is 9.82. The molecule has 0 spiro atoms. The standard InChI is InChI=1S/C10H18N2O4/c1-7(10(15)16)11-8(13)5-4-6-9(14)12(2)3/h7H,4-6H2,1-3H3,(H,11,13)(H,15,16)/t7-/m0/s1. The van der Waals surface area contributed by atoms with Crippen LogP contribution in [-0.2, 0) is 14.4 Å². The summed E-state index contributed by atoms with van der Waals surface area (Å²) in [5, 5.41) is 10.9. The second-order valence-electron chi connectivity index (χ2n) is 3.77. The van der Waals surface area contributed by atoms with Gasteiger partial charge in [0.05, 0.1) is 0 Å². The van der Waals surface area contributed by atoms with Crippen molar-refractivity contribution in [3.63, 3.8) is 0 Å². The number of nitrogens with one attached hydrogen (secondary N) is 1. The fraction of sp³-hybridized carbons (Fsp3) is 0.700. The maximum Gasteiger partial charge on any atom is 0.325 e. The van der Waals surface area contributed by atoms with E-state index in [4.69, 9.17) is 5.11 Å². The van der Waals surface area contributed by atoms with Crippen molar-refractivity contribution in [2.75, 3.05) is 14.1 Å². The number of carbonyl (C=O) groups excluding carboxylic acids is 2. The predicted octanol–water partition coefficient (Wildman–Crippen LogP) is -0.166. The van der Waals surface area contributed by atoms with Crippen LogP contribution in [0, 0.1) is 0 Å². The van der Waals surface area contributed by atoms with Crippen LogP contribution >= 0.6 is 0 Å². The molecule has 16 heavy (non-hydrogen) atoms. The fourth-order valence-electron chi connectivity index (χ4n) is 0.999. The molecule has 6 nitrogen and oxygen atoms in total. The highest BCUT2D eigenvalue weighted by Gasteiger charge is 2.13. The molecule has 0 fully saturated rings. The molecule has 0 saturated carbocycles. The average molecular weight is 230 g/mol. The van der Waals surface area contributed by atoms with Crippen LogP contribution in [0.5, 0.6) is 0 Å². The Balaban J connectivity index is 3.75. The second-order valence-corrected chi connectivity index (χ2v) is 3.77. The van der Waals surface area contributed by atoms with Gasteiger partial charge in [0.1, 0.15) is 6.04 Å². The van der Waals surface area contributed by atoms with E-state index in [0.717, 1.165) is 0 Å². The van der Waals surface area contributed by atoms with Gasteiger partial charge in [-0.05, 0) is 13.3 Å². The van der Waals surface area contributed by atoms with E-state index < -0.39 is 12.0 Å². The number of carbonyl (C=O) groups is 3. The van der Waals surface area contributed by atoms with E-state index in [-0.39, 0.29) is 18.2 Å². The van der Waals surface area contributed by atoms with Crippen LogP contribution in [0.25, 0.3) is 0 Å². The van der Waals surface area contributed by atoms with Gasteiger partial charge in [0.25, 0.3) is 0 Å². The van der Waals surface area contributed by atoms with Gasteiger partial charge >= 0.3 is 5.97 Å². The van der Waals surface area contributed by atoms with E-state index in [1.165, 1.54) is 11.8 Å². The highest BCUT2D eigenvalue weighted by molar-refractivity contribution is 5.83. The molecule has 1 atom stereocenters. The van der Waals surface area contributed by atoms with Crippen molar-refractivity contribution >= 4 is 17.8 Å². The molecule has 0 bridgehead atoms. The molecule has 0 heterocycles. The lowest BCUT2D eigenvalue weighted by molar-refractivity contribution is -0.141. The van der Waals surface area contributed by atoms with Crippen LogP contribution in [0.1, 0.15) is 26.2 Å². The summed E-state index contributed by atoms with van der Waals surface area (Å²) in [7, 11) is 3.30. The Bertz CT molecular complexity index is 276. The minimum Gasteiger partial charge on any atom is -0.480 e. The molecule has 92 valence electrons. The molecule has 6 heteroatoms. The van der Waals surface area contributed by atoms with Crippen LogP contribution < -0.4 is 5.32 Å². The second kappa shape index (κ2) is 6.81. The van der Waals surface area contributed by atoms with Gasteiger partial charge in [0, 0.05) is 26.9 Å². The molecular formula is C10H18N2O4. The van der Waals surface area contributed by atoms with Crippen molar-refractivity contribution in [2.24, 2.45) is 0 Å². The van der Waals surface area contributed by atoms with E-state index in [1.54, 1.807) is 14.1 Å². The van der Waals surface area contributed by atoms with Gasteiger partial charge in [-0.3, -0.25) is 14.4 Å². The summed E-state index contributed by atoms with van der Waals surface area (Å²) in [4.78, 5) is 34.3. The summed E-state index contributed by atoms with van der Waals surface area (Å²) < 4.78 is 0. The third-order valence-corrected chi connectivity index (χ3v) is 2.04. The van der Waals surface area contributed by atoms with Crippen molar-refractivity contribution in [3.8, 4) is 0 Å². The Morgan fingerprint density at radius 3 is 2.25 bits per heavy atom. The first-order valence-corrected chi connectivity index (χ1v) is 5.07. The smallest absolute Gasteiger partial charge is 0.325 e. The summed E-state index contributed by atoms with van der Waals surface area (Å²) in [6.45, 7) is 1.39. The summed E-state index contributed by atoms with van der Waals surface area (Å²) in [5.74, 6) is -1.46. The summed E-state index contributed by atoms with van der Waals surface area (Å²) in [6, 6.07) is -0.892. The largest absolute Gasteiger partial charge is 0.480 e. The first kappa shape index (κ1) is 14.4. The normalized spacial score (nSPS) is 11.7. The summed E-state index contributed by atoms with van der Waals surface area (Å²) >= 11 is 0. The Hall–Kier alpha value is -1.59. The van der Waals surface area contributed by atoms with Gasteiger partial charge in [0.15, 0.2) is 0 Å². The zero-order chi connectivity index (χ0) is 12.7. The number of nitrogens with zero attached hydrogens (tertiary/aromatic N) is 1. The van der Waals surface area contributed by atoms with Crippen molar-refractivity contribution in [3.05, 3.63) is 0 Å². The summed E-state index contributed by atoms with van der Waals surface area (Å²) in [5.41, 5.74) is 0. The van der Waals surface area contributed by atoms with E-state index in [9.17, 15) is 14.4 Å². The van der Waals surface area contributed by atoms with Crippen molar-refractivity contribution in [2.45, 2.75) is 32.2 Å². The number of carboxylic acids is 1. The van der Waals surface area contributed by atoms with Gasteiger partial charge in [-0.2, -0.15) is 0 Å². The lowest BCUT2D eigenvalue weighted by atomic mass is 10.2. The molecule has 0 aliphatic rings. The van der Waals surface area contributed by atoms with Crippen molar-refractivity contribution in [1.29, 1.82) is 0 Å². The number of aliphatic carboxylic acids is 1. The Labute approximate surface area is 94.6 Å². The SMILES string of the molecule is C[C@H](NC(=O)CCCC(=O)N(C)C)C(=O)O. The van der Waals surface area contributed by atoms with E-state index in [0.29, 0.717) is 12.8 Å². The molecule has 0 aliphatic heterocycles. The van der Waals surface area contributed by atoms with Gasteiger partial charge < -0.3 is 15.3 Å². The highest BCUT2D eigenvalue weighted by atomic mass is 16.4. The van der Waals surface area contributed by atoms with Crippen LogP contribution in [0.4, 0.5) is 0 Å². The topological polar surface area (TPSA) is 86.7 Å². The van der Waals surface area contributed by atoms with Crippen LogP contribution in [-0.4, -0.2) is 47.9 Å². The lowest BCUT2D eigenvalue weighted by Crippen LogP contribution is -2.38. The van der Waals surface area contributed by atoms with Gasteiger partial charge in [-0.25, -0.2) is 0 Å². The molecule has 0 radical (unpaired) electrons. The molecule has 0 rings (SSSR count). The van der Waals surface area contributed by atoms with Crippen LogP contribution in [0.2, 0.25) is 0 Å². The van der Waals surface area contributed by atoms with E-state index in [2.05, 4.69) is 5.32 Å². The van der Waals surface area contributed by atoms with E-state index in [1.807, 2.05) is 0 Å². The molecule has 0 unspecified atom stereocenters. The summed E-state index contributed by atoms with van der Waals surface area (Å²) in [6.07, 6.45) is 0.883. The molecule has 0 aliphatic carbocycles. The zero-order valence-electron chi connectivity index (χ0n) is 9.82. The average Bonchev–Trinajstić information content (AvgIpc) is 2.16. The molecule has 2 amide bonds. The molecule has 0 aromatic rings. The Kier molecular flexibility index (Phi) is 6.14. The van der Waals surface area contributed by atoms with Gasteiger partial charge in [0.2, 0.25) is 11.8 Å². The fourth-order valence-corrected chi connectivity index (χ4v) is 0.999. The molecular weight excluding hydrogens is 212 g/mol. The third-order valence-electron chi connectivity index (χ3n) is 2.04. The molecule has 0 saturated heterocycles. The monoisotopic (exact) mass is 230 g/mol. The van der Waals surface area contributed by atoms with Crippen LogP contribution in [0.15, 0.2) is 0 Å². The number of rotatable bonds is 6. The predicted molar refractivity (Wildman–Crippen MR) is 57.8 cm³/mol. The number of amides is 2. The number of hydrogen-bond acceptors (Lipinski definition) is 3. The van der Waals surface area contributed by atoms with Crippen LogP contribution in [0.3, 0.4) is 0 Å². The lowest BCUT2D eigenvalue weighted by Gasteiger charge is -2.11. The quantitative estimate of drug-likeness (QED) is 0.663. The third kappa shape index (κ3) is 6.00. The minimum atomic E-state index is -1.07. The molecule has 0 aromatic heterocycles. The first-order chi connectivity index (χ1) is 7.34. The van der Waals surface area contributed by atoms with Crippen molar-refractivity contribution < 1.29 is 19.5 Å². The first-order valence-electron chi connectivity index (χ1n) is 5.07. The highest BCUT2D eigenvalue weighted by Crippen LogP contribution is 1.98. The maximum absolute atomic E-state index is 11.2. The molecule has 0 aromatic carbocycles.